The largest absolute Gasteiger partial charge is 0.358 e. The summed E-state index contributed by atoms with van der Waals surface area (Å²) in [6.45, 7) is 1.95. The van der Waals surface area contributed by atoms with Gasteiger partial charge in [-0.1, -0.05) is 0 Å². The van der Waals surface area contributed by atoms with E-state index in [0.29, 0.717) is 0 Å². The van der Waals surface area contributed by atoms with Gasteiger partial charge in [0, 0.05) is 29.1 Å². The Morgan fingerprint density at radius 2 is 2.21 bits per heavy atom. The van der Waals surface area contributed by atoms with Crippen LogP contribution in [0.3, 0.4) is 0 Å². The molecule has 1 heterocycles. The normalized spacial score (nSPS) is 13.4. The average Bonchev–Trinajstić information content (AvgIpc) is 2.44. The van der Waals surface area contributed by atoms with Crippen LogP contribution < -0.4 is 5.73 Å². The summed E-state index contributed by atoms with van der Waals surface area (Å²) in [5, 5.41) is 0.903. The summed E-state index contributed by atoms with van der Waals surface area (Å²) in [6.07, 6.45) is 0.788. The summed E-state index contributed by atoms with van der Waals surface area (Å²) in [5.74, 6) is -0.205. The molecule has 2 rings (SSSR count). The number of H-pyrrole nitrogens is 1. The second-order valence-corrected chi connectivity index (χ2v) is 3.71. The minimum atomic E-state index is -0.205. The van der Waals surface area contributed by atoms with E-state index in [-0.39, 0.29) is 11.9 Å². The zero-order chi connectivity index (χ0) is 10.1. The molecular formula is C11H13FN2. The van der Waals surface area contributed by atoms with E-state index >= 15 is 0 Å². The number of aromatic nitrogens is 1. The van der Waals surface area contributed by atoms with Gasteiger partial charge < -0.3 is 10.7 Å². The topological polar surface area (TPSA) is 41.8 Å². The predicted octanol–water partition coefficient (Wildman–Crippen LogP) is 2.20. The molecule has 0 aliphatic rings. The van der Waals surface area contributed by atoms with Gasteiger partial charge in [-0.3, -0.25) is 0 Å². The van der Waals surface area contributed by atoms with Crippen LogP contribution in [0.15, 0.2) is 24.3 Å². The van der Waals surface area contributed by atoms with Crippen molar-refractivity contribution in [3.05, 3.63) is 35.8 Å². The molecule has 0 amide bonds. The van der Waals surface area contributed by atoms with Gasteiger partial charge in [-0.25, -0.2) is 4.39 Å². The molecule has 1 atom stereocenters. The van der Waals surface area contributed by atoms with E-state index in [4.69, 9.17) is 5.73 Å². The van der Waals surface area contributed by atoms with Crippen molar-refractivity contribution in [2.75, 3.05) is 0 Å². The van der Waals surface area contributed by atoms with Gasteiger partial charge in [-0.05, 0) is 31.2 Å². The molecule has 1 unspecified atom stereocenters. The van der Waals surface area contributed by atoms with Crippen molar-refractivity contribution in [1.82, 2.24) is 4.98 Å². The summed E-state index contributed by atoms with van der Waals surface area (Å²) < 4.78 is 12.9. The highest BCUT2D eigenvalue weighted by Crippen LogP contribution is 2.17. The van der Waals surface area contributed by atoms with Crippen LogP contribution in [0.2, 0.25) is 0 Å². The molecule has 3 N–H and O–H groups in total. The first-order chi connectivity index (χ1) is 6.65. The molecule has 0 saturated carbocycles. The molecule has 0 aliphatic carbocycles. The number of halogens is 1. The summed E-state index contributed by atoms with van der Waals surface area (Å²) >= 11 is 0. The van der Waals surface area contributed by atoms with Crippen molar-refractivity contribution in [3.63, 3.8) is 0 Å². The summed E-state index contributed by atoms with van der Waals surface area (Å²) in [7, 11) is 0. The van der Waals surface area contributed by atoms with E-state index in [2.05, 4.69) is 4.98 Å². The Balaban J connectivity index is 2.41. The first-order valence-corrected chi connectivity index (χ1v) is 4.68. The first kappa shape index (κ1) is 9.21. The summed E-state index contributed by atoms with van der Waals surface area (Å²) in [4.78, 5) is 3.21. The number of nitrogens with two attached hydrogens (primary N) is 1. The van der Waals surface area contributed by atoms with Crippen molar-refractivity contribution in [2.24, 2.45) is 5.73 Å². The third-order valence-electron chi connectivity index (χ3n) is 2.18. The second-order valence-electron chi connectivity index (χ2n) is 3.71. The number of hydrogen-bond donors (Lipinski definition) is 2. The lowest BCUT2D eigenvalue weighted by Crippen LogP contribution is -2.17. The Morgan fingerprint density at radius 1 is 1.43 bits per heavy atom. The number of rotatable bonds is 2. The van der Waals surface area contributed by atoms with Crippen molar-refractivity contribution in [3.8, 4) is 0 Å². The number of benzene rings is 1. The van der Waals surface area contributed by atoms with E-state index in [1.54, 1.807) is 6.07 Å². The molecule has 0 aliphatic heterocycles. The summed E-state index contributed by atoms with van der Waals surface area (Å²) in [6, 6.07) is 6.79. The Bertz CT molecular complexity index is 445. The highest BCUT2D eigenvalue weighted by atomic mass is 19.1. The van der Waals surface area contributed by atoms with Gasteiger partial charge in [0.05, 0.1) is 0 Å². The van der Waals surface area contributed by atoms with E-state index in [1.165, 1.54) is 12.1 Å². The smallest absolute Gasteiger partial charge is 0.123 e. The lowest BCUT2D eigenvalue weighted by Gasteiger charge is -2.00. The molecule has 3 heteroatoms. The van der Waals surface area contributed by atoms with Gasteiger partial charge in [-0.15, -0.1) is 0 Å². The fraction of sp³-hybridized carbons (Fsp3) is 0.273. The van der Waals surface area contributed by atoms with Gasteiger partial charge in [-0.2, -0.15) is 0 Å². The standard InChI is InChI=1S/C11H13FN2/c1-7(13)4-10-6-8-5-9(12)2-3-11(8)14-10/h2-3,5-7,14H,4,13H2,1H3. The maximum atomic E-state index is 12.9. The highest BCUT2D eigenvalue weighted by Gasteiger charge is 2.03. The van der Waals surface area contributed by atoms with Crippen LogP contribution in [0.4, 0.5) is 4.39 Å². The molecule has 0 fully saturated rings. The lowest BCUT2D eigenvalue weighted by molar-refractivity contribution is 0.630. The second kappa shape index (κ2) is 3.42. The lowest BCUT2D eigenvalue weighted by atomic mass is 10.2. The van der Waals surface area contributed by atoms with Gasteiger partial charge >= 0.3 is 0 Å². The van der Waals surface area contributed by atoms with Gasteiger partial charge in [0.15, 0.2) is 0 Å². The minimum Gasteiger partial charge on any atom is -0.358 e. The van der Waals surface area contributed by atoms with E-state index in [1.807, 2.05) is 13.0 Å². The molecule has 1 aromatic carbocycles. The van der Waals surface area contributed by atoms with Crippen molar-refractivity contribution >= 4 is 10.9 Å². The summed E-state index contributed by atoms with van der Waals surface area (Å²) in [5.41, 5.74) is 7.70. The molecule has 0 spiro atoms. The monoisotopic (exact) mass is 192 g/mol. The fourth-order valence-corrected chi connectivity index (χ4v) is 1.62. The van der Waals surface area contributed by atoms with E-state index in [0.717, 1.165) is 23.0 Å². The zero-order valence-corrected chi connectivity index (χ0v) is 8.05. The van der Waals surface area contributed by atoms with Gasteiger partial charge in [0.1, 0.15) is 5.82 Å². The molecular weight excluding hydrogens is 179 g/mol. The molecule has 2 aromatic rings. The van der Waals surface area contributed by atoms with Crippen molar-refractivity contribution in [1.29, 1.82) is 0 Å². The highest BCUT2D eigenvalue weighted by molar-refractivity contribution is 5.80. The van der Waals surface area contributed by atoms with E-state index < -0.39 is 0 Å². The fourth-order valence-electron chi connectivity index (χ4n) is 1.62. The third-order valence-corrected chi connectivity index (χ3v) is 2.18. The Labute approximate surface area is 81.9 Å². The molecule has 0 radical (unpaired) electrons. The Morgan fingerprint density at radius 3 is 2.93 bits per heavy atom. The predicted molar refractivity (Wildman–Crippen MR) is 55.6 cm³/mol. The van der Waals surface area contributed by atoms with Crippen LogP contribution in [0.25, 0.3) is 10.9 Å². The van der Waals surface area contributed by atoms with Gasteiger partial charge in [0.25, 0.3) is 0 Å². The minimum absolute atomic E-state index is 0.118. The van der Waals surface area contributed by atoms with E-state index in [9.17, 15) is 4.39 Å². The van der Waals surface area contributed by atoms with Crippen molar-refractivity contribution < 1.29 is 4.39 Å². The number of aromatic amines is 1. The molecule has 74 valence electrons. The van der Waals surface area contributed by atoms with Crippen LogP contribution >= 0.6 is 0 Å². The third kappa shape index (κ3) is 1.77. The van der Waals surface area contributed by atoms with Crippen LogP contribution in [0, 0.1) is 5.82 Å². The average molecular weight is 192 g/mol. The quantitative estimate of drug-likeness (QED) is 0.752. The Kier molecular flexibility index (Phi) is 2.25. The molecule has 0 bridgehead atoms. The van der Waals surface area contributed by atoms with Gasteiger partial charge in [0.2, 0.25) is 0 Å². The van der Waals surface area contributed by atoms with Crippen LogP contribution in [-0.2, 0) is 6.42 Å². The number of nitrogens with one attached hydrogen (secondary N) is 1. The van der Waals surface area contributed by atoms with Crippen LogP contribution in [-0.4, -0.2) is 11.0 Å². The first-order valence-electron chi connectivity index (χ1n) is 4.68. The maximum Gasteiger partial charge on any atom is 0.123 e. The number of fused-ring (bicyclic) bond motifs is 1. The zero-order valence-electron chi connectivity index (χ0n) is 8.05. The molecule has 2 nitrogen and oxygen atoms in total. The number of hydrogen-bond acceptors (Lipinski definition) is 1. The Hall–Kier alpha value is -1.35. The molecule has 14 heavy (non-hydrogen) atoms. The molecule has 1 aromatic heterocycles. The van der Waals surface area contributed by atoms with Crippen molar-refractivity contribution in [2.45, 2.75) is 19.4 Å². The molecule has 0 saturated heterocycles. The SMILES string of the molecule is CC(N)Cc1cc2cc(F)ccc2[nH]1. The van der Waals surface area contributed by atoms with Crippen LogP contribution in [0.1, 0.15) is 12.6 Å². The maximum absolute atomic E-state index is 12.9. The van der Waals surface area contributed by atoms with Crippen LogP contribution in [0.5, 0.6) is 0 Å².